The molecule has 3 aromatic carbocycles. The van der Waals surface area contributed by atoms with Crippen molar-refractivity contribution in [1.29, 1.82) is 0 Å². The zero-order valence-electron chi connectivity index (χ0n) is 19.4. The second-order valence-electron chi connectivity index (χ2n) is 9.93. The Kier molecular flexibility index (Phi) is 5.71. The summed E-state index contributed by atoms with van der Waals surface area (Å²) in [5.41, 5.74) is 10.1. The predicted octanol–water partition coefficient (Wildman–Crippen LogP) is 4.10. The number of nitrogens with two attached hydrogens (primary N) is 1. The number of primary amides is 1. The number of fused-ring (bicyclic) bond motifs is 1. The first kappa shape index (κ1) is 21.7. The van der Waals surface area contributed by atoms with Crippen LogP contribution in [0.4, 0.5) is 0 Å². The zero-order valence-corrected chi connectivity index (χ0v) is 19.4. The minimum absolute atomic E-state index is 0.151. The van der Waals surface area contributed by atoms with Crippen LogP contribution < -0.4 is 10.5 Å². The first-order valence-corrected chi connectivity index (χ1v) is 12.0. The maximum Gasteiger partial charge on any atom is 0.233 e. The highest BCUT2D eigenvalue weighted by atomic mass is 16.5. The topological polar surface area (TPSA) is 52.3 Å². The summed E-state index contributed by atoms with van der Waals surface area (Å²) < 4.78 is 6.61. The summed E-state index contributed by atoms with van der Waals surface area (Å²) in [6.07, 6.45) is 3.00. The molecule has 4 nitrogen and oxygen atoms in total. The third-order valence-electron chi connectivity index (χ3n) is 7.83. The first-order valence-electron chi connectivity index (χ1n) is 12.0. The van der Waals surface area contributed by atoms with Gasteiger partial charge in [0, 0.05) is 25.2 Å². The summed E-state index contributed by atoms with van der Waals surface area (Å²) in [4.78, 5) is 13.3. The maximum atomic E-state index is 13.3. The second-order valence-corrected chi connectivity index (χ2v) is 9.93. The van der Waals surface area contributed by atoms with Gasteiger partial charge in [-0.3, -0.25) is 4.79 Å². The maximum absolute atomic E-state index is 13.3. The fraction of sp³-hybridized carbons (Fsp3) is 0.345. The van der Waals surface area contributed by atoms with E-state index in [0.29, 0.717) is 0 Å². The monoisotopic (exact) mass is 441 g/mol. The van der Waals surface area contributed by atoms with Crippen molar-refractivity contribution in [2.75, 3.05) is 33.3 Å². The fourth-order valence-electron chi connectivity index (χ4n) is 6.06. The van der Waals surface area contributed by atoms with Gasteiger partial charge in [-0.1, -0.05) is 72.8 Å². The Morgan fingerprint density at radius 2 is 1.70 bits per heavy atom. The van der Waals surface area contributed by atoms with Crippen molar-refractivity contribution in [3.63, 3.8) is 0 Å². The Labute approximate surface area is 196 Å². The van der Waals surface area contributed by atoms with Crippen molar-refractivity contribution in [2.45, 2.75) is 24.7 Å². The van der Waals surface area contributed by atoms with Crippen molar-refractivity contribution >= 4 is 5.91 Å². The van der Waals surface area contributed by atoms with Crippen LogP contribution >= 0.6 is 0 Å². The average molecular weight is 442 g/mol. The molecule has 170 valence electrons. The smallest absolute Gasteiger partial charge is 0.233 e. The van der Waals surface area contributed by atoms with Crippen LogP contribution in [0.2, 0.25) is 0 Å². The lowest BCUT2D eigenvalue weighted by Crippen LogP contribution is -2.51. The molecule has 33 heavy (non-hydrogen) atoms. The molecule has 2 aliphatic rings. The van der Waals surface area contributed by atoms with E-state index in [1.54, 1.807) is 0 Å². The number of quaternary nitrogens is 1. The Morgan fingerprint density at radius 1 is 1.03 bits per heavy atom. The van der Waals surface area contributed by atoms with Crippen LogP contribution in [0, 0.1) is 5.92 Å². The fourth-order valence-corrected chi connectivity index (χ4v) is 6.06. The molecule has 1 saturated heterocycles. The molecule has 0 aromatic heterocycles. The molecule has 1 amide bonds. The van der Waals surface area contributed by atoms with Gasteiger partial charge in [-0.15, -0.1) is 0 Å². The van der Waals surface area contributed by atoms with Gasteiger partial charge in [0.25, 0.3) is 0 Å². The molecule has 2 N–H and O–H groups in total. The van der Waals surface area contributed by atoms with Gasteiger partial charge >= 0.3 is 0 Å². The number of carbonyl (C=O) groups excluding carboxylic acids is 1. The summed E-state index contributed by atoms with van der Waals surface area (Å²) in [7, 11) is 2.33. The molecule has 0 saturated carbocycles. The van der Waals surface area contributed by atoms with Gasteiger partial charge < -0.3 is 15.0 Å². The van der Waals surface area contributed by atoms with Crippen LogP contribution in [0.1, 0.15) is 28.7 Å². The van der Waals surface area contributed by atoms with Crippen LogP contribution in [0.25, 0.3) is 0 Å². The Hall–Kier alpha value is -3.11. The van der Waals surface area contributed by atoms with Gasteiger partial charge in [0.05, 0.1) is 33.3 Å². The number of ether oxygens (including phenoxy) is 1. The average Bonchev–Trinajstić information content (AvgIpc) is 3.46. The number of likely N-dealkylation sites (N-methyl/N-ethyl adjacent to an activating group) is 1. The normalized spacial score (nSPS) is 22.0. The zero-order chi connectivity index (χ0) is 22.9. The van der Waals surface area contributed by atoms with Crippen LogP contribution in [0.5, 0.6) is 5.75 Å². The molecule has 0 spiro atoms. The number of likely N-dealkylation sites (tertiary alicyclic amines) is 1. The molecule has 4 heteroatoms. The highest BCUT2D eigenvalue weighted by molar-refractivity contribution is 5.91. The molecule has 1 fully saturated rings. The van der Waals surface area contributed by atoms with E-state index < -0.39 is 5.41 Å². The summed E-state index contributed by atoms with van der Waals surface area (Å²) in [5.74, 6) is 0.938. The number of amides is 1. The summed E-state index contributed by atoms with van der Waals surface area (Å²) in [6, 6.07) is 26.9. The van der Waals surface area contributed by atoms with Gasteiger partial charge in [-0.25, -0.2) is 0 Å². The molecule has 3 aromatic rings. The lowest BCUT2D eigenvalue weighted by Gasteiger charge is -2.38. The van der Waals surface area contributed by atoms with E-state index in [0.717, 1.165) is 66.9 Å². The molecule has 0 radical (unpaired) electrons. The van der Waals surface area contributed by atoms with Gasteiger partial charge in [-0.05, 0) is 28.3 Å². The molecular weight excluding hydrogens is 408 g/mol. The molecule has 1 unspecified atom stereocenters. The molecule has 2 atom stereocenters. The molecular formula is C29H33N2O2+. The molecule has 0 bridgehead atoms. The van der Waals surface area contributed by atoms with Crippen molar-refractivity contribution < 1.29 is 14.0 Å². The first-order chi connectivity index (χ1) is 16.0. The lowest BCUT2D eigenvalue weighted by molar-refractivity contribution is -0.899. The van der Waals surface area contributed by atoms with E-state index >= 15 is 0 Å². The number of carbonyl (C=O) groups is 1. The van der Waals surface area contributed by atoms with Gasteiger partial charge in [0.1, 0.15) is 11.2 Å². The van der Waals surface area contributed by atoms with Gasteiger partial charge in [0.2, 0.25) is 5.91 Å². The second kappa shape index (κ2) is 8.68. The van der Waals surface area contributed by atoms with Crippen molar-refractivity contribution in [2.24, 2.45) is 11.7 Å². The number of rotatable bonds is 7. The molecule has 0 aliphatic carbocycles. The van der Waals surface area contributed by atoms with Gasteiger partial charge in [-0.2, -0.15) is 0 Å². The van der Waals surface area contributed by atoms with E-state index in [4.69, 9.17) is 10.5 Å². The molecule has 2 aliphatic heterocycles. The van der Waals surface area contributed by atoms with Gasteiger partial charge in [0.15, 0.2) is 0 Å². The number of hydrogen-bond donors (Lipinski definition) is 1. The predicted molar refractivity (Wildman–Crippen MR) is 131 cm³/mol. The number of nitrogens with zero attached hydrogens (tertiary/aromatic N) is 1. The highest BCUT2D eigenvalue weighted by Gasteiger charge is 2.53. The summed E-state index contributed by atoms with van der Waals surface area (Å²) >= 11 is 0. The van der Waals surface area contributed by atoms with Crippen LogP contribution in [0.15, 0.2) is 78.9 Å². The SMILES string of the molecule is C[N+]1(CCc2ccc3c(c2)CCO3)CC[C@@H](C(C(N)=O)(c2ccccc2)c2ccccc2)C1. The summed E-state index contributed by atoms with van der Waals surface area (Å²) in [6.45, 7) is 3.82. The number of benzene rings is 3. The minimum Gasteiger partial charge on any atom is -0.493 e. The van der Waals surface area contributed by atoms with E-state index in [-0.39, 0.29) is 11.8 Å². The standard InChI is InChI=1S/C29H32N2O2/c1-31(17-14-22-12-13-27-23(20-22)16-19-33-27)18-15-26(21-31)29(28(30)32,24-8-4-2-5-9-24)25-10-6-3-7-11-25/h2-13,20,26H,14-19,21H2,1H3,(H-,30,32)/p+1/t26-,31?/m1/s1. The van der Waals surface area contributed by atoms with Crippen LogP contribution in [-0.2, 0) is 23.1 Å². The third kappa shape index (κ3) is 3.93. The Morgan fingerprint density at radius 3 is 2.33 bits per heavy atom. The van der Waals surface area contributed by atoms with E-state index in [1.165, 1.54) is 11.1 Å². The quantitative estimate of drug-likeness (QED) is 0.561. The number of hydrogen-bond acceptors (Lipinski definition) is 2. The largest absolute Gasteiger partial charge is 0.493 e. The third-order valence-corrected chi connectivity index (χ3v) is 7.83. The van der Waals surface area contributed by atoms with E-state index in [2.05, 4.69) is 49.5 Å². The lowest BCUT2D eigenvalue weighted by atomic mass is 9.64. The van der Waals surface area contributed by atoms with E-state index in [9.17, 15) is 4.79 Å². The Bertz CT molecular complexity index is 1090. The van der Waals surface area contributed by atoms with Crippen LogP contribution in [0.3, 0.4) is 0 Å². The minimum atomic E-state index is -0.816. The summed E-state index contributed by atoms with van der Waals surface area (Å²) in [5, 5.41) is 0. The van der Waals surface area contributed by atoms with Crippen molar-refractivity contribution in [1.82, 2.24) is 0 Å². The Balaban J connectivity index is 1.42. The highest BCUT2D eigenvalue weighted by Crippen LogP contribution is 2.45. The van der Waals surface area contributed by atoms with Crippen LogP contribution in [-0.4, -0.2) is 43.7 Å². The van der Waals surface area contributed by atoms with Crippen molar-refractivity contribution in [3.05, 3.63) is 101 Å². The molecule has 2 heterocycles. The van der Waals surface area contributed by atoms with E-state index in [1.807, 2.05) is 36.4 Å². The van der Waals surface area contributed by atoms with Crippen molar-refractivity contribution in [3.8, 4) is 5.75 Å². The molecule has 5 rings (SSSR count).